The molecule has 5 nitrogen and oxygen atoms in total. The zero-order valence-corrected chi connectivity index (χ0v) is 11.6. The molecule has 2 fully saturated rings. The first-order valence-electron chi connectivity index (χ1n) is 7.22. The Kier molecular flexibility index (Phi) is 4.13. The van der Waals surface area contributed by atoms with Gasteiger partial charge in [0.25, 0.3) is 0 Å². The fourth-order valence-electron chi connectivity index (χ4n) is 3.36. The van der Waals surface area contributed by atoms with Crippen molar-refractivity contribution in [2.24, 2.45) is 17.6 Å². The average Bonchev–Trinajstić information content (AvgIpc) is 2.37. The van der Waals surface area contributed by atoms with Crippen molar-refractivity contribution in [2.45, 2.75) is 51.0 Å². The lowest BCUT2D eigenvalue weighted by atomic mass is 9.73. The molecular formula is C14H24N2O3. The Morgan fingerprint density at radius 2 is 2.00 bits per heavy atom. The van der Waals surface area contributed by atoms with E-state index in [1.165, 1.54) is 0 Å². The van der Waals surface area contributed by atoms with Crippen LogP contribution in [0.3, 0.4) is 0 Å². The van der Waals surface area contributed by atoms with E-state index < -0.39 is 17.4 Å². The Balaban J connectivity index is 2.04. The summed E-state index contributed by atoms with van der Waals surface area (Å²) in [6, 6.07) is 0. The third-order valence-corrected chi connectivity index (χ3v) is 4.63. The van der Waals surface area contributed by atoms with Crippen LogP contribution in [0.4, 0.5) is 0 Å². The van der Waals surface area contributed by atoms with Crippen molar-refractivity contribution in [3.8, 4) is 0 Å². The van der Waals surface area contributed by atoms with Gasteiger partial charge in [-0.15, -0.1) is 0 Å². The third kappa shape index (κ3) is 3.08. The number of amides is 1. The SMILES string of the molecule is CC1(N)CCCCC1C(=O)N1CCCC(C(=O)O)C1. The maximum Gasteiger partial charge on any atom is 0.308 e. The summed E-state index contributed by atoms with van der Waals surface area (Å²) in [6.07, 6.45) is 5.27. The average molecular weight is 268 g/mol. The highest BCUT2D eigenvalue weighted by Crippen LogP contribution is 2.33. The Morgan fingerprint density at radius 1 is 1.26 bits per heavy atom. The van der Waals surface area contributed by atoms with Gasteiger partial charge in [0.2, 0.25) is 5.91 Å². The highest BCUT2D eigenvalue weighted by Gasteiger charge is 2.41. The van der Waals surface area contributed by atoms with Gasteiger partial charge < -0.3 is 15.7 Å². The van der Waals surface area contributed by atoms with E-state index in [9.17, 15) is 9.59 Å². The standard InChI is InChI=1S/C14H24N2O3/c1-14(15)7-3-2-6-11(14)12(17)16-8-4-5-10(9-16)13(18)19/h10-11H,2-9,15H2,1H3,(H,18,19). The van der Waals surface area contributed by atoms with Crippen molar-refractivity contribution < 1.29 is 14.7 Å². The van der Waals surface area contributed by atoms with Crippen LogP contribution in [0.2, 0.25) is 0 Å². The van der Waals surface area contributed by atoms with Gasteiger partial charge in [0.15, 0.2) is 0 Å². The molecule has 19 heavy (non-hydrogen) atoms. The molecule has 0 aromatic rings. The minimum absolute atomic E-state index is 0.0654. The normalized spacial score (nSPS) is 36.0. The molecule has 1 amide bonds. The Morgan fingerprint density at radius 3 is 2.63 bits per heavy atom. The number of carbonyl (C=O) groups is 2. The molecule has 1 heterocycles. The smallest absolute Gasteiger partial charge is 0.308 e. The quantitative estimate of drug-likeness (QED) is 0.788. The van der Waals surface area contributed by atoms with Gasteiger partial charge in [0, 0.05) is 18.6 Å². The highest BCUT2D eigenvalue weighted by atomic mass is 16.4. The zero-order valence-electron chi connectivity index (χ0n) is 11.6. The van der Waals surface area contributed by atoms with Crippen LogP contribution in [-0.2, 0) is 9.59 Å². The number of hydrogen-bond acceptors (Lipinski definition) is 3. The number of likely N-dealkylation sites (tertiary alicyclic amines) is 1. The summed E-state index contributed by atoms with van der Waals surface area (Å²) in [7, 11) is 0. The molecule has 3 atom stereocenters. The molecule has 5 heteroatoms. The van der Waals surface area contributed by atoms with Crippen LogP contribution < -0.4 is 5.73 Å². The molecule has 1 saturated carbocycles. The number of rotatable bonds is 2. The van der Waals surface area contributed by atoms with E-state index in [0.29, 0.717) is 19.5 Å². The minimum Gasteiger partial charge on any atom is -0.481 e. The number of nitrogens with zero attached hydrogens (tertiary/aromatic N) is 1. The van der Waals surface area contributed by atoms with E-state index in [0.717, 1.165) is 32.1 Å². The molecule has 1 saturated heterocycles. The van der Waals surface area contributed by atoms with Gasteiger partial charge in [0.05, 0.1) is 11.8 Å². The van der Waals surface area contributed by atoms with Crippen LogP contribution in [0.15, 0.2) is 0 Å². The Hall–Kier alpha value is -1.10. The molecule has 3 N–H and O–H groups in total. The molecule has 0 bridgehead atoms. The first-order valence-corrected chi connectivity index (χ1v) is 7.22. The lowest BCUT2D eigenvalue weighted by Gasteiger charge is -2.41. The van der Waals surface area contributed by atoms with Crippen molar-refractivity contribution >= 4 is 11.9 Å². The van der Waals surface area contributed by atoms with Gasteiger partial charge >= 0.3 is 5.97 Å². The Labute approximate surface area is 114 Å². The number of piperidine rings is 1. The van der Waals surface area contributed by atoms with Crippen molar-refractivity contribution in [1.82, 2.24) is 4.90 Å². The fraction of sp³-hybridized carbons (Fsp3) is 0.857. The molecule has 0 aromatic heterocycles. The molecule has 2 aliphatic rings. The summed E-state index contributed by atoms with van der Waals surface area (Å²) in [4.78, 5) is 25.4. The number of hydrogen-bond donors (Lipinski definition) is 2. The molecule has 0 radical (unpaired) electrons. The lowest BCUT2D eigenvalue weighted by Crippen LogP contribution is -2.55. The van der Waals surface area contributed by atoms with Crippen LogP contribution in [0.1, 0.15) is 45.4 Å². The van der Waals surface area contributed by atoms with Gasteiger partial charge in [-0.3, -0.25) is 9.59 Å². The maximum atomic E-state index is 12.6. The van der Waals surface area contributed by atoms with Gasteiger partial charge in [-0.05, 0) is 32.6 Å². The second kappa shape index (κ2) is 5.49. The van der Waals surface area contributed by atoms with E-state index in [4.69, 9.17) is 10.8 Å². The molecule has 3 unspecified atom stereocenters. The fourth-order valence-corrected chi connectivity index (χ4v) is 3.36. The summed E-state index contributed by atoms with van der Waals surface area (Å²) < 4.78 is 0. The third-order valence-electron chi connectivity index (χ3n) is 4.63. The Bertz CT molecular complexity index is 368. The summed E-state index contributed by atoms with van der Waals surface area (Å²) >= 11 is 0. The summed E-state index contributed by atoms with van der Waals surface area (Å²) in [5, 5.41) is 9.09. The molecule has 108 valence electrons. The molecule has 1 aliphatic heterocycles. The van der Waals surface area contributed by atoms with Gasteiger partial charge in [0.1, 0.15) is 0 Å². The van der Waals surface area contributed by atoms with Gasteiger partial charge in [-0.1, -0.05) is 12.8 Å². The van der Waals surface area contributed by atoms with Crippen LogP contribution in [0.5, 0.6) is 0 Å². The second-order valence-electron chi connectivity index (χ2n) is 6.27. The minimum atomic E-state index is -0.795. The van der Waals surface area contributed by atoms with E-state index in [1.807, 2.05) is 6.92 Å². The van der Waals surface area contributed by atoms with Crippen molar-refractivity contribution in [2.75, 3.05) is 13.1 Å². The molecular weight excluding hydrogens is 244 g/mol. The van der Waals surface area contributed by atoms with Gasteiger partial charge in [-0.2, -0.15) is 0 Å². The van der Waals surface area contributed by atoms with E-state index in [-0.39, 0.29) is 11.8 Å². The van der Waals surface area contributed by atoms with E-state index in [2.05, 4.69) is 0 Å². The first kappa shape index (κ1) is 14.3. The number of carbonyl (C=O) groups excluding carboxylic acids is 1. The molecule has 0 aromatic carbocycles. The van der Waals surface area contributed by atoms with E-state index in [1.54, 1.807) is 4.90 Å². The molecule has 1 aliphatic carbocycles. The van der Waals surface area contributed by atoms with Crippen LogP contribution >= 0.6 is 0 Å². The summed E-state index contributed by atoms with van der Waals surface area (Å²) in [6.45, 7) is 2.98. The predicted molar refractivity (Wildman–Crippen MR) is 71.5 cm³/mol. The first-order chi connectivity index (χ1) is 8.92. The predicted octanol–water partition coefficient (Wildman–Crippen LogP) is 1.22. The van der Waals surface area contributed by atoms with Crippen LogP contribution in [0, 0.1) is 11.8 Å². The number of aliphatic carboxylic acids is 1. The zero-order chi connectivity index (χ0) is 14.0. The number of nitrogens with two attached hydrogens (primary N) is 1. The molecule has 0 spiro atoms. The largest absolute Gasteiger partial charge is 0.481 e. The lowest BCUT2D eigenvalue weighted by molar-refractivity contribution is -0.148. The van der Waals surface area contributed by atoms with E-state index >= 15 is 0 Å². The van der Waals surface area contributed by atoms with Crippen molar-refractivity contribution in [3.63, 3.8) is 0 Å². The summed E-state index contributed by atoms with van der Waals surface area (Å²) in [5.41, 5.74) is 5.82. The number of carboxylic acid groups (broad SMARTS) is 1. The summed E-state index contributed by atoms with van der Waals surface area (Å²) in [5.74, 6) is -1.29. The van der Waals surface area contributed by atoms with Crippen molar-refractivity contribution in [3.05, 3.63) is 0 Å². The topological polar surface area (TPSA) is 83.6 Å². The van der Waals surface area contributed by atoms with Gasteiger partial charge in [-0.25, -0.2) is 0 Å². The maximum absolute atomic E-state index is 12.6. The van der Waals surface area contributed by atoms with Crippen LogP contribution in [0.25, 0.3) is 0 Å². The monoisotopic (exact) mass is 268 g/mol. The molecule has 2 rings (SSSR count). The highest BCUT2D eigenvalue weighted by molar-refractivity contribution is 5.81. The second-order valence-corrected chi connectivity index (χ2v) is 6.27. The van der Waals surface area contributed by atoms with Crippen molar-refractivity contribution in [1.29, 1.82) is 0 Å². The number of carboxylic acids is 1. The van der Waals surface area contributed by atoms with Crippen LogP contribution in [-0.4, -0.2) is 40.5 Å².